The first-order valence-corrected chi connectivity index (χ1v) is 8.47. The molecule has 2 aliphatic heterocycles. The van der Waals surface area contributed by atoms with Crippen molar-refractivity contribution in [1.82, 2.24) is 14.9 Å². The van der Waals surface area contributed by atoms with E-state index in [1.165, 1.54) is 12.8 Å². The van der Waals surface area contributed by atoms with Crippen LogP contribution in [0.5, 0.6) is 0 Å². The summed E-state index contributed by atoms with van der Waals surface area (Å²) in [6.07, 6.45) is 7.75. The lowest BCUT2D eigenvalue weighted by atomic mass is 9.98. The van der Waals surface area contributed by atoms with Gasteiger partial charge in [0, 0.05) is 25.8 Å². The Bertz CT molecular complexity index is 587. The third-order valence-corrected chi connectivity index (χ3v) is 5.04. The third kappa shape index (κ3) is 3.23. The average Bonchev–Trinajstić information content (AvgIpc) is 3.18. The molecule has 6 heteroatoms. The smallest absolute Gasteiger partial charge is 0.274 e. The molecule has 3 fully saturated rings. The molecule has 23 heavy (non-hydrogen) atoms. The minimum atomic E-state index is -0.220. The van der Waals surface area contributed by atoms with Gasteiger partial charge >= 0.3 is 0 Å². The summed E-state index contributed by atoms with van der Waals surface area (Å²) in [4.78, 5) is 22.7. The van der Waals surface area contributed by atoms with Crippen molar-refractivity contribution in [2.24, 2.45) is 5.92 Å². The molecule has 1 spiro atoms. The van der Waals surface area contributed by atoms with Gasteiger partial charge in [-0.25, -0.2) is 4.98 Å². The van der Waals surface area contributed by atoms with Crippen LogP contribution in [0.3, 0.4) is 0 Å². The van der Waals surface area contributed by atoms with E-state index in [0.29, 0.717) is 25.4 Å². The summed E-state index contributed by atoms with van der Waals surface area (Å²) in [6.45, 7) is 4.72. The van der Waals surface area contributed by atoms with E-state index in [1.54, 1.807) is 12.4 Å². The summed E-state index contributed by atoms with van der Waals surface area (Å²) in [7, 11) is 0. The van der Waals surface area contributed by atoms with Gasteiger partial charge in [0.05, 0.1) is 36.7 Å². The zero-order chi connectivity index (χ0) is 15.9. The molecule has 4 rings (SSSR count). The second kappa shape index (κ2) is 5.83. The van der Waals surface area contributed by atoms with Crippen molar-refractivity contribution in [3.05, 3.63) is 23.8 Å². The lowest BCUT2D eigenvalue weighted by Crippen LogP contribution is -2.36. The average molecular weight is 317 g/mol. The predicted molar refractivity (Wildman–Crippen MR) is 83.1 cm³/mol. The molecule has 6 nitrogen and oxygen atoms in total. The molecule has 1 amide bonds. The first-order chi connectivity index (χ1) is 11.1. The molecule has 1 aromatic heterocycles. The predicted octanol–water partition coefficient (Wildman–Crippen LogP) is 1.59. The van der Waals surface area contributed by atoms with Crippen molar-refractivity contribution >= 4 is 5.91 Å². The van der Waals surface area contributed by atoms with Crippen molar-refractivity contribution in [2.45, 2.75) is 44.3 Å². The molecule has 3 heterocycles. The van der Waals surface area contributed by atoms with Gasteiger partial charge in [-0.15, -0.1) is 0 Å². The van der Waals surface area contributed by atoms with E-state index in [-0.39, 0.29) is 17.6 Å². The van der Waals surface area contributed by atoms with Crippen molar-refractivity contribution in [3.63, 3.8) is 0 Å². The fourth-order valence-corrected chi connectivity index (χ4v) is 3.43. The first kappa shape index (κ1) is 15.0. The highest BCUT2D eigenvalue weighted by atomic mass is 16.6. The number of aromatic nitrogens is 2. The molecule has 2 saturated heterocycles. The highest BCUT2D eigenvalue weighted by Crippen LogP contribution is 2.37. The fraction of sp³-hybridized carbons (Fsp3) is 0.706. The first-order valence-electron chi connectivity index (χ1n) is 8.47. The van der Waals surface area contributed by atoms with Crippen molar-refractivity contribution in [3.8, 4) is 0 Å². The van der Waals surface area contributed by atoms with E-state index in [0.717, 1.165) is 31.1 Å². The van der Waals surface area contributed by atoms with Gasteiger partial charge in [-0.2, -0.15) is 0 Å². The molecule has 1 aromatic rings. The van der Waals surface area contributed by atoms with Gasteiger partial charge in [0.25, 0.3) is 5.91 Å². The Hall–Kier alpha value is -1.53. The zero-order valence-corrected chi connectivity index (χ0v) is 13.5. The van der Waals surface area contributed by atoms with Gasteiger partial charge < -0.3 is 14.4 Å². The summed E-state index contributed by atoms with van der Waals surface area (Å²) in [5.74, 6) is 0.716. The number of hydrogen-bond donors (Lipinski definition) is 0. The maximum absolute atomic E-state index is 12.5. The molecular formula is C17H23N3O3. The van der Waals surface area contributed by atoms with Crippen LogP contribution in [0.2, 0.25) is 0 Å². The topological polar surface area (TPSA) is 64.6 Å². The van der Waals surface area contributed by atoms with Crippen molar-refractivity contribution in [1.29, 1.82) is 0 Å². The Morgan fingerprint density at radius 2 is 2.30 bits per heavy atom. The number of nitrogens with zero attached hydrogens (tertiary/aromatic N) is 3. The SMILES string of the molecule is Cc1cnc(C(=O)N2CC[C@@]3(C[C@H](OCC4CC4)CO3)C2)cn1. The minimum Gasteiger partial charge on any atom is -0.375 e. The van der Waals surface area contributed by atoms with E-state index in [9.17, 15) is 4.79 Å². The molecule has 1 saturated carbocycles. The number of carbonyl (C=O) groups excluding carboxylic acids is 1. The summed E-state index contributed by atoms with van der Waals surface area (Å²) in [6, 6.07) is 0. The maximum Gasteiger partial charge on any atom is 0.274 e. The Labute approximate surface area is 136 Å². The molecule has 0 radical (unpaired) electrons. The number of hydrogen-bond acceptors (Lipinski definition) is 5. The highest BCUT2D eigenvalue weighted by molar-refractivity contribution is 5.92. The van der Waals surface area contributed by atoms with E-state index >= 15 is 0 Å². The van der Waals surface area contributed by atoms with Gasteiger partial charge in [0.1, 0.15) is 5.69 Å². The molecular weight excluding hydrogens is 294 g/mol. The van der Waals surface area contributed by atoms with Gasteiger partial charge in [0.15, 0.2) is 0 Å². The second-order valence-electron chi connectivity index (χ2n) is 7.12. The number of aryl methyl sites for hydroxylation is 1. The molecule has 3 aliphatic rings. The van der Waals surface area contributed by atoms with Gasteiger partial charge in [-0.3, -0.25) is 9.78 Å². The molecule has 2 atom stereocenters. The van der Waals surface area contributed by atoms with Crippen molar-refractivity contribution < 1.29 is 14.3 Å². The Morgan fingerprint density at radius 3 is 3.04 bits per heavy atom. The van der Waals surface area contributed by atoms with Crippen LogP contribution in [0.1, 0.15) is 41.9 Å². The van der Waals surface area contributed by atoms with E-state index < -0.39 is 0 Å². The van der Waals surface area contributed by atoms with E-state index in [2.05, 4.69) is 9.97 Å². The fourth-order valence-electron chi connectivity index (χ4n) is 3.43. The summed E-state index contributed by atoms with van der Waals surface area (Å²) < 4.78 is 12.0. The normalized spacial score (nSPS) is 30.3. The van der Waals surface area contributed by atoms with Crippen LogP contribution in [-0.2, 0) is 9.47 Å². The Balaban J connectivity index is 1.35. The standard InChI is InChI=1S/C17H23N3O3/c1-12-7-19-15(8-18-12)16(21)20-5-4-17(11-20)6-14(10-23-17)22-9-13-2-3-13/h7-8,13-14H,2-6,9-11H2,1H3/t14-,17+/m0/s1. The quantitative estimate of drug-likeness (QED) is 0.844. The molecule has 0 unspecified atom stereocenters. The number of ether oxygens (including phenoxy) is 2. The maximum atomic E-state index is 12.5. The Kier molecular flexibility index (Phi) is 3.81. The second-order valence-corrected chi connectivity index (χ2v) is 7.12. The highest BCUT2D eigenvalue weighted by Gasteiger charge is 2.47. The third-order valence-electron chi connectivity index (χ3n) is 5.04. The monoisotopic (exact) mass is 317 g/mol. The van der Waals surface area contributed by atoms with Crippen LogP contribution in [0.25, 0.3) is 0 Å². The number of rotatable bonds is 4. The van der Waals surface area contributed by atoms with Crippen LogP contribution in [0.4, 0.5) is 0 Å². The van der Waals surface area contributed by atoms with E-state index in [1.807, 2.05) is 11.8 Å². The van der Waals surface area contributed by atoms with Crippen LogP contribution >= 0.6 is 0 Å². The lowest BCUT2D eigenvalue weighted by Gasteiger charge is -2.23. The lowest BCUT2D eigenvalue weighted by molar-refractivity contribution is 0.00153. The molecule has 1 aliphatic carbocycles. The Morgan fingerprint density at radius 1 is 1.43 bits per heavy atom. The molecule has 124 valence electrons. The molecule has 0 bridgehead atoms. The number of carbonyl (C=O) groups is 1. The summed E-state index contributed by atoms with van der Waals surface area (Å²) in [5, 5.41) is 0. The van der Waals surface area contributed by atoms with Crippen LogP contribution < -0.4 is 0 Å². The molecule has 0 N–H and O–H groups in total. The van der Waals surface area contributed by atoms with Crippen molar-refractivity contribution in [2.75, 3.05) is 26.3 Å². The van der Waals surface area contributed by atoms with Crippen LogP contribution in [0, 0.1) is 12.8 Å². The molecule has 0 aromatic carbocycles. The summed E-state index contributed by atoms with van der Waals surface area (Å²) >= 11 is 0. The largest absolute Gasteiger partial charge is 0.375 e. The number of likely N-dealkylation sites (tertiary alicyclic amines) is 1. The van der Waals surface area contributed by atoms with E-state index in [4.69, 9.17) is 9.47 Å². The van der Waals surface area contributed by atoms with Crippen LogP contribution in [-0.4, -0.2) is 58.8 Å². The number of amides is 1. The van der Waals surface area contributed by atoms with Crippen LogP contribution in [0.15, 0.2) is 12.4 Å². The summed E-state index contributed by atoms with van der Waals surface area (Å²) in [5.41, 5.74) is 1.00. The van der Waals surface area contributed by atoms with Gasteiger partial charge in [-0.05, 0) is 32.1 Å². The van der Waals surface area contributed by atoms with Gasteiger partial charge in [0.2, 0.25) is 0 Å². The minimum absolute atomic E-state index is 0.0553. The van der Waals surface area contributed by atoms with Gasteiger partial charge in [-0.1, -0.05) is 0 Å². The zero-order valence-electron chi connectivity index (χ0n) is 13.5.